The fourth-order valence-corrected chi connectivity index (χ4v) is 4.56. The van der Waals surface area contributed by atoms with Crippen LogP contribution in [0.3, 0.4) is 0 Å². The van der Waals surface area contributed by atoms with Crippen molar-refractivity contribution >= 4 is 23.4 Å². The second kappa shape index (κ2) is 6.34. The number of carbonyl (C=O) groups is 3. The molecule has 144 valence electrons. The van der Waals surface area contributed by atoms with Crippen LogP contribution in [0.25, 0.3) is 0 Å². The Balaban J connectivity index is 1.65. The number of benzene rings is 1. The Labute approximate surface area is 158 Å². The predicted octanol–water partition coefficient (Wildman–Crippen LogP) is 1.62. The molecule has 0 spiro atoms. The zero-order valence-electron chi connectivity index (χ0n) is 16.0. The van der Waals surface area contributed by atoms with Crippen LogP contribution in [-0.4, -0.2) is 65.0 Å². The van der Waals surface area contributed by atoms with Crippen molar-refractivity contribution in [3.05, 3.63) is 29.8 Å². The summed E-state index contributed by atoms with van der Waals surface area (Å²) in [5.41, 5.74) is 0.313. The molecule has 0 saturated carbocycles. The van der Waals surface area contributed by atoms with Crippen molar-refractivity contribution in [1.29, 1.82) is 0 Å². The molecule has 4 rings (SSSR count). The molecule has 27 heavy (non-hydrogen) atoms. The molecule has 3 amide bonds. The minimum Gasteiger partial charge on any atom is -0.372 e. The Morgan fingerprint density at radius 2 is 1.85 bits per heavy atom. The number of ether oxygens (including phenoxy) is 1. The third kappa shape index (κ3) is 2.81. The molecule has 7 nitrogen and oxygen atoms in total. The Morgan fingerprint density at radius 3 is 2.56 bits per heavy atom. The van der Waals surface area contributed by atoms with Gasteiger partial charge in [0, 0.05) is 19.5 Å². The van der Waals surface area contributed by atoms with Crippen molar-refractivity contribution in [2.45, 2.75) is 51.5 Å². The average Bonchev–Trinajstić information content (AvgIpc) is 2.93. The molecule has 0 aromatic heterocycles. The Bertz CT molecular complexity index is 800. The van der Waals surface area contributed by atoms with Gasteiger partial charge in [0.05, 0.1) is 23.5 Å². The summed E-state index contributed by atoms with van der Waals surface area (Å²) in [4.78, 5) is 43.8. The standard InChI is InChI=1S/C20H25N3O4/c1-13-10-21(11-14(2)27-13)18(25)12-22-19(26)15-6-4-5-7-16(15)23-17(24)8-9-20(22,23)3/h4-7,13-14H,8-12H2,1-3H3. The summed E-state index contributed by atoms with van der Waals surface area (Å²) in [5, 5.41) is 0. The third-order valence-electron chi connectivity index (χ3n) is 5.81. The molecule has 3 unspecified atom stereocenters. The SMILES string of the molecule is CC1CN(C(=O)CN2C(=O)c3ccccc3N3C(=O)CCC23C)CC(C)O1. The highest BCUT2D eigenvalue weighted by Gasteiger charge is 2.53. The largest absolute Gasteiger partial charge is 0.372 e. The number of fused-ring (bicyclic) bond motifs is 3. The maximum atomic E-state index is 13.2. The van der Waals surface area contributed by atoms with Gasteiger partial charge in [-0.3, -0.25) is 19.3 Å². The summed E-state index contributed by atoms with van der Waals surface area (Å²) in [5.74, 6) is -0.310. The number of para-hydroxylation sites is 1. The van der Waals surface area contributed by atoms with Crippen LogP contribution >= 0.6 is 0 Å². The number of morpholine rings is 1. The number of rotatable bonds is 2. The Hall–Kier alpha value is -2.41. The van der Waals surface area contributed by atoms with Crippen LogP contribution in [0.4, 0.5) is 5.69 Å². The summed E-state index contributed by atoms with van der Waals surface area (Å²) < 4.78 is 5.70. The molecule has 7 heteroatoms. The smallest absolute Gasteiger partial charge is 0.258 e. The van der Waals surface area contributed by atoms with Crippen LogP contribution in [0.1, 0.15) is 44.0 Å². The summed E-state index contributed by atoms with van der Waals surface area (Å²) in [6.07, 6.45) is 0.829. The fourth-order valence-electron chi connectivity index (χ4n) is 4.56. The molecule has 3 heterocycles. The molecule has 1 aromatic carbocycles. The van der Waals surface area contributed by atoms with Crippen molar-refractivity contribution in [1.82, 2.24) is 9.80 Å². The molecule has 0 bridgehead atoms. The summed E-state index contributed by atoms with van der Waals surface area (Å²) in [6.45, 7) is 6.76. The summed E-state index contributed by atoms with van der Waals surface area (Å²) >= 11 is 0. The molecule has 3 aliphatic rings. The molecular weight excluding hydrogens is 346 g/mol. The maximum absolute atomic E-state index is 13.2. The normalized spacial score (nSPS) is 30.4. The van der Waals surface area contributed by atoms with E-state index in [9.17, 15) is 14.4 Å². The van der Waals surface area contributed by atoms with Crippen LogP contribution in [0.2, 0.25) is 0 Å². The van der Waals surface area contributed by atoms with Gasteiger partial charge in [-0.1, -0.05) is 12.1 Å². The molecule has 0 radical (unpaired) electrons. The van der Waals surface area contributed by atoms with Crippen molar-refractivity contribution in [3.8, 4) is 0 Å². The molecule has 3 aliphatic heterocycles. The molecular formula is C20H25N3O4. The Morgan fingerprint density at radius 1 is 1.19 bits per heavy atom. The van der Waals surface area contributed by atoms with Gasteiger partial charge in [-0.2, -0.15) is 0 Å². The lowest BCUT2D eigenvalue weighted by atomic mass is 9.98. The van der Waals surface area contributed by atoms with E-state index in [1.807, 2.05) is 26.8 Å². The molecule has 1 aromatic rings. The number of carbonyl (C=O) groups excluding carboxylic acids is 3. The lowest BCUT2D eigenvalue weighted by molar-refractivity contribution is -0.145. The van der Waals surface area contributed by atoms with Gasteiger partial charge in [0.1, 0.15) is 12.2 Å². The Kier molecular flexibility index (Phi) is 4.22. The van der Waals surface area contributed by atoms with Gasteiger partial charge in [-0.05, 0) is 39.3 Å². The maximum Gasteiger partial charge on any atom is 0.258 e. The van der Waals surface area contributed by atoms with Crippen molar-refractivity contribution in [3.63, 3.8) is 0 Å². The van der Waals surface area contributed by atoms with E-state index in [4.69, 9.17) is 4.74 Å². The number of anilines is 1. The van der Waals surface area contributed by atoms with Gasteiger partial charge in [-0.15, -0.1) is 0 Å². The zero-order chi connectivity index (χ0) is 19.3. The van der Waals surface area contributed by atoms with E-state index < -0.39 is 5.66 Å². The van der Waals surface area contributed by atoms with Crippen molar-refractivity contribution < 1.29 is 19.1 Å². The van der Waals surface area contributed by atoms with E-state index in [1.165, 1.54) is 0 Å². The fraction of sp³-hybridized carbons (Fsp3) is 0.550. The molecule has 0 N–H and O–H groups in total. The number of hydrogen-bond acceptors (Lipinski definition) is 4. The van der Waals surface area contributed by atoms with Gasteiger partial charge < -0.3 is 14.5 Å². The van der Waals surface area contributed by atoms with Gasteiger partial charge in [0.15, 0.2) is 0 Å². The monoisotopic (exact) mass is 371 g/mol. The van der Waals surface area contributed by atoms with Gasteiger partial charge in [-0.25, -0.2) is 0 Å². The first-order valence-electron chi connectivity index (χ1n) is 9.48. The van der Waals surface area contributed by atoms with Crippen LogP contribution in [0.5, 0.6) is 0 Å². The highest BCUT2D eigenvalue weighted by molar-refractivity contribution is 6.11. The van der Waals surface area contributed by atoms with Crippen LogP contribution in [0.15, 0.2) is 24.3 Å². The van der Waals surface area contributed by atoms with Crippen LogP contribution in [-0.2, 0) is 14.3 Å². The molecule has 0 aliphatic carbocycles. The van der Waals surface area contributed by atoms with Crippen molar-refractivity contribution in [2.24, 2.45) is 0 Å². The zero-order valence-corrected chi connectivity index (χ0v) is 16.0. The highest BCUT2D eigenvalue weighted by atomic mass is 16.5. The third-order valence-corrected chi connectivity index (χ3v) is 5.81. The first-order chi connectivity index (χ1) is 12.8. The molecule has 2 fully saturated rings. The first-order valence-corrected chi connectivity index (χ1v) is 9.48. The topological polar surface area (TPSA) is 70.2 Å². The number of hydrogen-bond donors (Lipinski definition) is 0. The minimum absolute atomic E-state index is 0.0106. The number of amides is 3. The summed E-state index contributed by atoms with van der Waals surface area (Å²) in [6, 6.07) is 7.14. The first kappa shape index (κ1) is 18.0. The van der Waals surface area contributed by atoms with E-state index in [2.05, 4.69) is 0 Å². The van der Waals surface area contributed by atoms with E-state index in [0.717, 1.165) is 0 Å². The van der Waals surface area contributed by atoms with E-state index in [-0.39, 0.29) is 36.5 Å². The molecule has 3 atom stereocenters. The van der Waals surface area contributed by atoms with Crippen LogP contribution < -0.4 is 4.90 Å². The van der Waals surface area contributed by atoms with Gasteiger partial charge in [0.25, 0.3) is 5.91 Å². The minimum atomic E-state index is -0.804. The second-order valence-corrected chi connectivity index (χ2v) is 7.91. The van der Waals surface area contributed by atoms with Crippen LogP contribution in [0, 0.1) is 0 Å². The van der Waals surface area contributed by atoms with Gasteiger partial charge in [0.2, 0.25) is 11.8 Å². The average molecular weight is 371 g/mol. The van der Waals surface area contributed by atoms with Crippen molar-refractivity contribution in [2.75, 3.05) is 24.5 Å². The van der Waals surface area contributed by atoms with E-state index in [0.29, 0.717) is 37.2 Å². The number of nitrogens with zero attached hydrogens (tertiary/aromatic N) is 3. The second-order valence-electron chi connectivity index (χ2n) is 7.91. The summed E-state index contributed by atoms with van der Waals surface area (Å²) in [7, 11) is 0. The quantitative estimate of drug-likeness (QED) is 0.792. The lowest BCUT2D eigenvalue weighted by Gasteiger charge is -2.49. The molecule has 2 saturated heterocycles. The van der Waals surface area contributed by atoms with E-state index in [1.54, 1.807) is 32.9 Å². The van der Waals surface area contributed by atoms with E-state index >= 15 is 0 Å². The highest BCUT2D eigenvalue weighted by Crippen LogP contribution is 2.43. The predicted molar refractivity (Wildman–Crippen MR) is 99.2 cm³/mol. The van der Waals surface area contributed by atoms with Gasteiger partial charge >= 0.3 is 0 Å². The lowest BCUT2D eigenvalue weighted by Crippen LogP contribution is -2.64.